The van der Waals surface area contributed by atoms with Gasteiger partial charge in [0, 0.05) is 52.1 Å². The van der Waals surface area contributed by atoms with Gasteiger partial charge in [-0.05, 0) is 18.9 Å². The maximum atomic E-state index is 12.4. The van der Waals surface area contributed by atoms with Crippen molar-refractivity contribution in [2.45, 2.75) is 18.9 Å². The van der Waals surface area contributed by atoms with Crippen LogP contribution in [0.4, 0.5) is 11.8 Å². The summed E-state index contributed by atoms with van der Waals surface area (Å²) >= 11 is 0. The summed E-state index contributed by atoms with van der Waals surface area (Å²) in [5.74, 6) is 1.84. The van der Waals surface area contributed by atoms with Crippen LogP contribution in [0.3, 0.4) is 0 Å². The number of nitrogens with zero attached hydrogens (tertiary/aromatic N) is 5. The third-order valence-corrected chi connectivity index (χ3v) is 5.04. The third kappa shape index (κ3) is 3.69. The zero-order valence-electron chi connectivity index (χ0n) is 14.5. The van der Waals surface area contributed by atoms with Crippen LogP contribution in [0.2, 0.25) is 0 Å². The number of ether oxygens (including phenoxy) is 2. The SMILES string of the molecule is O=C(C1CCCO1)N1CCN(c2ccnc(N3CCOCC3)n2)CC1. The van der Waals surface area contributed by atoms with Crippen LogP contribution in [0.15, 0.2) is 12.3 Å². The Balaban J connectivity index is 1.36. The number of hydrogen-bond acceptors (Lipinski definition) is 7. The lowest BCUT2D eigenvalue weighted by Crippen LogP contribution is -2.51. The summed E-state index contributed by atoms with van der Waals surface area (Å²) in [5, 5.41) is 0. The zero-order chi connectivity index (χ0) is 17.1. The highest BCUT2D eigenvalue weighted by Crippen LogP contribution is 2.20. The molecule has 0 N–H and O–H groups in total. The fourth-order valence-electron chi connectivity index (χ4n) is 3.56. The highest BCUT2D eigenvalue weighted by Gasteiger charge is 2.30. The van der Waals surface area contributed by atoms with Crippen molar-refractivity contribution in [2.24, 2.45) is 0 Å². The molecule has 0 spiro atoms. The maximum Gasteiger partial charge on any atom is 0.251 e. The molecule has 3 saturated heterocycles. The van der Waals surface area contributed by atoms with Crippen LogP contribution in [0, 0.1) is 0 Å². The smallest absolute Gasteiger partial charge is 0.251 e. The number of hydrogen-bond donors (Lipinski definition) is 0. The molecule has 3 fully saturated rings. The number of amides is 1. The van der Waals surface area contributed by atoms with Crippen LogP contribution < -0.4 is 9.80 Å². The molecule has 1 aromatic rings. The lowest BCUT2D eigenvalue weighted by Gasteiger charge is -2.36. The Hall–Kier alpha value is -1.93. The number of carbonyl (C=O) groups excluding carboxylic acids is 1. The van der Waals surface area contributed by atoms with Gasteiger partial charge in [-0.1, -0.05) is 0 Å². The molecule has 0 saturated carbocycles. The van der Waals surface area contributed by atoms with Crippen LogP contribution in [0.5, 0.6) is 0 Å². The van der Waals surface area contributed by atoms with Crippen molar-refractivity contribution < 1.29 is 14.3 Å². The first-order valence-electron chi connectivity index (χ1n) is 9.12. The standard InChI is InChI=1S/C17H25N5O3/c23-16(14-2-1-11-25-14)21-7-5-20(6-8-21)15-3-4-18-17(19-15)22-9-12-24-13-10-22/h3-4,14H,1-2,5-13H2. The lowest BCUT2D eigenvalue weighted by atomic mass is 10.2. The fraction of sp³-hybridized carbons (Fsp3) is 0.706. The Labute approximate surface area is 147 Å². The molecule has 3 aliphatic heterocycles. The van der Waals surface area contributed by atoms with Gasteiger partial charge >= 0.3 is 0 Å². The van der Waals surface area contributed by atoms with Gasteiger partial charge in [0.15, 0.2) is 0 Å². The van der Waals surface area contributed by atoms with Gasteiger partial charge in [-0.25, -0.2) is 4.98 Å². The first-order chi connectivity index (χ1) is 12.3. The fourth-order valence-corrected chi connectivity index (χ4v) is 3.56. The Morgan fingerprint density at radius 2 is 1.84 bits per heavy atom. The van der Waals surface area contributed by atoms with Crippen LogP contribution in [0.1, 0.15) is 12.8 Å². The van der Waals surface area contributed by atoms with Gasteiger partial charge < -0.3 is 24.2 Å². The number of piperazine rings is 1. The molecule has 0 aliphatic carbocycles. The van der Waals surface area contributed by atoms with Crippen LogP contribution >= 0.6 is 0 Å². The van der Waals surface area contributed by atoms with Gasteiger partial charge in [0.1, 0.15) is 11.9 Å². The highest BCUT2D eigenvalue weighted by molar-refractivity contribution is 5.81. The second kappa shape index (κ2) is 7.53. The van der Waals surface area contributed by atoms with Gasteiger partial charge in [0.25, 0.3) is 5.91 Å². The van der Waals surface area contributed by atoms with E-state index in [2.05, 4.69) is 14.8 Å². The highest BCUT2D eigenvalue weighted by atomic mass is 16.5. The molecule has 25 heavy (non-hydrogen) atoms. The van der Waals surface area contributed by atoms with Gasteiger partial charge in [0.05, 0.1) is 13.2 Å². The topological polar surface area (TPSA) is 71.0 Å². The van der Waals surface area contributed by atoms with E-state index in [4.69, 9.17) is 14.5 Å². The molecule has 1 atom stereocenters. The van der Waals surface area contributed by atoms with Crippen molar-refractivity contribution >= 4 is 17.7 Å². The summed E-state index contributed by atoms with van der Waals surface area (Å²) in [6.07, 6.45) is 3.44. The quantitative estimate of drug-likeness (QED) is 0.770. The van der Waals surface area contributed by atoms with E-state index >= 15 is 0 Å². The van der Waals surface area contributed by atoms with Crippen molar-refractivity contribution in [3.05, 3.63) is 12.3 Å². The number of carbonyl (C=O) groups is 1. The average Bonchev–Trinajstić information content (AvgIpc) is 3.23. The molecule has 8 heteroatoms. The molecule has 0 aromatic carbocycles. The Morgan fingerprint density at radius 1 is 1.04 bits per heavy atom. The van der Waals surface area contributed by atoms with Crippen molar-refractivity contribution in [2.75, 3.05) is 68.9 Å². The minimum absolute atomic E-state index is 0.147. The number of aromatic nitrogens is 2. The van der Waals surface area contributed by atoms with E-state index < -0.39 is 0 Å². The first-order valence-corrected chi connectivity index (χ1v) is 9.12. The average molecular weight is 347 g/mol. The largest absolute Gasteiger partial charge is 0.378 e. The predicted octanol–water partition coefficient (Wildman–Crippen LogP) is 0.141. The molecule has 0 bridgehead atoms. The summed E-state index contributed by atoms with van der Waals surface area (Å²) in [4.78, 5) is 27.9. The number of morpholine rings is 1. The summed E-state index contributed by atoms with van der Waals surface area (Å²) in [5.41, 5.74) is 0. The molecule has 1 aromatic heterocycles. The Kier molecular flexibility index (Phi) is 4.98. The molecular weight excluding hydrogens is 322 g/mol. The van der Waals surface area contributed by atoms with Crippen LogP contribution in [-0.4, -0.2) is 86.0 Å². The first kappa shape index (κ1) is 16.5. The van der Waals surface area contributed by atoms with Gasteiger partial charge in [-0.3, -0.25) is 4.79 Å². The molecule has 136 valence electrons. The normalized spacial score (nSPS) is 24.6. The van der Waals surface area contributed by atoms with E-state index in [9.17, 15) is 4.79 Å². The summed E-state index contributed by atoms with van der Waals surface area (Å²) in [6, 6.07) is 1.95. The van der Waals surface area contributed by atoms with Crippen molar-refractivity contribution in [3.63, 3.8) is 0 Å². The van der Waals surface area contributed by atoms with E-state index in [-0.39, 0.29) is 12.0 Å². The molecule has 4 rings (SSSR count). The number of anilines is 2. The lowest BCUT2D eigenvalue weighted by molar-refractivity contribution is -0.141. The zero-order valence-corrected chi connectivity index (χ0v) is 14.5. The molecule has 8 nitrogen and oxygen atoms in total. The Bertz CT molecular complexity index is 594. The molecule has 3 aliphatic rings. The van der Waals surface area contributed by atoms with E-state index in [1.807, 2.05) is 17.2 Å². The van der Waals surface area contributed by atoms with Crippen molar-refractivity contribution in [3.8, 4) is 0 Å². The second-order valence-corrected chi connectivity index (χ2v) is 6.63. The molecule has 4 heterocycles. The predicted molar refractivity (Wildman–Crippen MR) is 92.8 cm³/mol. The van der Waals surface area contributed by atoms with Crippen molar-refractivity contribution in [1.82, 2.24) is 14.9 Å². The second-order valence-electron chi connectivity index (χ2n) is 6.63. The summed E-state index contributed by atoms with van der Waals surface area (Å²) in [7, 11) is 0. The minimum Gasteiger partial charge on any atom is -0.378 e. The molecule has 1 amide bonds. The molecular formula is C17H25N5O3. The van der Waals surface area contributed by atoms with Gasteiger partial charge in [0.2, 0.25) is 5.95 Å². The molecule has 1 unspecified atom stereocenters. The number of rotatable bonds is 3. The minimum atomic E-state index is -0.224. The third-order valence-electron chi connectivity index (χ3n) is 5.04. The monoisotopic (exact) mass is 347 g/mol. The van der Waals surface area contributed by atoms with E-state index in [1.54, 1.807) is 0 Å². The van der Waals surface area contributed by atoms with E-state index in [0.29, 0.717) is 6.61 Å². The van der Waals surface area contributed by atoms with E-state index in [1.165, 1.54) is 0 Å². The summed E-state index contributed by atoms with van der Waals surface area (Å²) in [6.45, 7) is 6.82. The molecule has 0 radical (unpaired) electrons. The Morgan fingerprint density at radius 3 is 2.56 bits per heavy atom. The van der Waals surface area contributed by atoms with E-state index in [0.717, 1.165) is 77.1 Å². The van der Waals surface area contributed by atoms with Gasteiger partial charge in [-0.2, -0.15) is 4.98 Å². The van der Waals surface area contributed by atoms with Crippen LogP contribution in [0.25, 0.3) is 0 Å². The maximum absolute atomic E-state index is 12.4. The summed E-state index contributed by atoms with van der Waals surface area (Å²) < 4.78 is 10.9. The van der Waals surface area contributed by atoms with Gasteiger partial charge in [-0.15, -0.1) is 0 Å². The van der Waals surface area contributed by atoms with Crippen molar-refractivity contribution in [1.29, 1.82) is 0 Å². The van der Waals surface area contributed by atoms with Crippen LogP contribution in [-0.2, 0) is 14.3 Å².